The van der Waals surface area contributed by atoms with Crippen LogP contribution in [-0.4, -0.2) is 42.3 Å². The highest BCUT2D eigenvalue weighted by Gasteiger charge is 2.38. The fourth-order valence-corrected chi connectivity index (χ4v) is 2.90. The summed E-state index contributed by atoms with van der Waals surface area (Å²) in [6, 6.07) is 10.9. The number of anilines is 1. The van der Waals surface area contributed by atoms with E-state index in [9.17, 15) is 4.79 Å². The van der Waals surface area contributed by atoms with Gasteiger partial charge in [-0.25, -0.2) is 4.79 Å². The molecule has 152 valence electrons. The first-order valence-corrected chi connectivity index (χ1v) is 9.17. The van der Waals surface area contributed by atoms with Gasteiger partial charge in [0.15, 0.2) is 12.5 Å². The van der Waals surface area contributed by atoms with Crippen LogP contribution in [0, 0.1) is 0 Å². The van der Waals surface area contributed by atoms with Gasteiger partial charge in [-0.3, -0.25) is 4.57 Å². The molecule has 0 bridgehead atoms. The summed E-state index contributed by atoms with van der Waals surface area (Å²) in [4.78, 5) is 15.7. The number of benzene rings is 1. The van der Waals surface area contributed by atoms with E-state index in [0.29, 0.717) is 13.2 Å². The van der Waals surface area contributed by atoms with E-state index in [1.807, 2.05) is 44.2 Å². The van der Waals surface area contributed by atoms with Crippen molar-refractivity contribution in [1.82, 2.24) is 9.55 Å². The molecule has 1 aliphatic heterocycles. The lowest BCUT2D eigenvalue weighted by molar-refractivity contribution is -0.399. The predicted octanol–water partition coefficient (Wildman–Crippen LogP) is 1.60. The Balaban J connectivity index is 1.69. The smallest absolute Gasteiger partial charge is 0.351 e. The lowest BCUT2D eigenvalue weighted by Crippen LogP contribution is -2.39. The summed E-state index contributed by atoms with van der Waals surface area (Å²) in [5.74, 6) is -1.21. The van der Waals surface area contributed by atoms with Crippen LogP contribution in [-0.2, 0) is 29.7 Å². The number of aromatic nitrogens is 2. The number of hydrogen-bond donors (Lipinski definition) is 1. The molecular weight excluding hydrogens is 366 g/mol. The van der Waals surface area contributed by atoms with E-state index in [4.69, 9.17) is 29.4 Å². The van der Waals surface area contributed by atoms with Crippen LogP contribution in [0.25, 0.3) is 0 Å². The molecule has 1 aromatic heterocycles. The van der Waals surface area contributed by atoms with Gasteiger partial charge in [-0.1, -0.05) is 30.3 Å². The molecule has 1 aromatic carbocycles. The highest BCUT2D eigenvalue weighted by molar-refractivity contribution is 5.23. The quantitative estimate of drug-likeness (QED) is 0.642. The zero-order valence-electron chi connectivity index (χ0n) is 15.9. The van der Waals surface area contributed by atoms with Crippen molar-refractivity contribution in [2.75, 3.05) is 32.2 Å². The standard InChI is InChI=1S/C19H25N3O6/c1-3-25-19(26-4-2,14-8-6-5-7-9-14)27-13-17-24-12-16(28-17)22-11-10-15(20)21-18(22)23/h5-11,16-17H,3-4,12-13H2,1-2H3,(H2,20,21,23). The molecule has 1 fully saturated rings. The van der Waals surface area contributed by atoms with Crippen molar-refractivity contribution in [1.29, 1.82) is 0 Å². The van der Waals surface area contributed by atoms with Crippen LogP contribution in [0.5, 0.6) is 0 Å². The van der Waals surface area contributed by atoms with Crippen molar-refractivity contribution < 1.29 is 23.7 Å². The first-order chi connectivity index (χ1) is 13.6. The van der Waals surface area contributed by atoms with E-state index in [1.54, 1.807) is 0 Å². The van der Waals surface area contributed by atoms with Crippen LogP contribution in [0.3, 0.4) is 0 Å². The van der Waals surface area contributed by atoms with Gasteiger partial charge in [0.2, 0.25) is 0 Å². The molecule has 2 atom stereocenters. The minimum atomic E-state index is -1.37. The number of ether oxygens (including phenoxy) is 5. The zero-order chi connectivity index (χ0) is 20.0. The summed E-state index contributed by atoms with van der Waals surface area (Å²) in [6.45, 7) is 4.72. The Morgan fingerprint density at radius 3 is 2.54 bits per heavy atom. The molecule has 0 aliphatic carbocycles. The molecule has 0 spiro atoms. The van der Waals surface area contributed by atoms with E-state index in [1.165, 1.54) is 16.8 Å². The molecule has 28 heavy (non-hydrogen) atoms. The van der Waals surface area contributed by atoms with Gasteiger partial charge in [0.05, 0.1) is 6.61 Å². The molecule has 2 heterocycles. The molecule has 3 rings (SSSR count). The molecule has 0 radical (unpaired) electrons. The third-order valence-corrected chi connectivity index (χ3v) is 4.10. The van der Waals surface area contributed by atoms with Gasteiger partial charge >= 0.3 is 11.7 Å². The molecular formula is C19H25N3O6. The van der Waals surface area contributed by atoms with Gasteiger partial charge in [-0.2, -0.15) is 4.98 Å². The van der Waals surface area contributed by atoms with Crippen LogP contribution in [0.1, 0.15) is 25.6 Å². The summed E-state index contributed by atoms with van der Waals surface area (Å²) in [6.07, 6.45) is 0.217. The normalized spacial score (nSPS) is 19.8. The van der Waals surface area contributed by atoms with Crippen molar-refractivity contribution in [3.8, 4) is 0 Å². The molecule has 9 nitrogen and oxygen atoms in total. The second-order valence-electron chi connectivity index (χ2n) is 6.00. The van der Waals surface area contributed by atoms with Crippen LogP contribution >= 0.6 is 0 Å². The largest absolute Gasteiger partial charge is 0.383 e. The van der Waals surface area contributed by atoms with Crippen molar-refractivity contribution in [2.24, 2.45) is 0 Å². The van der Waals surface area contributed by atoms with Crippen LogP contribution in [0.15, 0.2) is 47.4 Å². The lowest BCUT2D eigenvalue weighted by Gasteiger charge is -2.33. The maximum absolute atomic E-state index is 12.0. The van der Waals surface area contributed by atoms with Gasteiger partial charge in [0.25, 0.3) is 0 Å². The van der Waals surface area contributed by atoms with Gasteiger partial charge in [0.1, 0.15) is 12.4 Å². The second kappa shape index (κ2) is 9.26. The average Bonchev–Trinajstić information content (AvgIpc) is 3.16. The van der Waals surface area contributed by atoms with Crippen molar-refractivity contribution in [2.45, 2.75) is 32.3 Å². The van der Waals surface area contributed by atoms with E-state index >= 15 is 0 Å². The Morgan fingerprint density at radius 2 is 1.89 bits per heavy atom. The van der Waals surface area contributed by atoms with Crippen molar-refractivity contribution >= 4 is 5.82 Å². The molecule has 9 heteroatoms. The Labute approximate surface area is 162 Å². The first-order valence-electron chi connectivity index (χ1n) is 9.17. The van der Waals surface area contributed by atoms with Crippen LogP contribution in [0.2, 0.25) is 0 Å². The fourth-order valence-electron chi connectivity index (χ4n) is 2.90. The monoisotopic (exact) mass is 391 g/mol. The van der Waals surface area contributed by atoms with Crippen molar-refractivity contribution in [3.05, 3.63) is 58.6 Å². The van der Waals surface area contributed by atoms with E-state index in [0.717, 1.165) is 5.56 Å². The lowest BCUT2D eigenvalue weighted by atomic mass is 10.2. The Hall–Kier alpha value is -2.30. The number of nitrogens with zero attached hydrogens (tertiary/aromatic N) is 2. The number of hydrogen-bond acceptors (Lipinski definition) is 8. The Morgan fingerprint density at radius 1 is 1.18 bits per heavy atom. The molecule has 2 aromatic rings. The van der Waals surface area contributed by atoms with Crippen LogP contribution in [0.4, 0.5) is 5.82 Å². The summed E-state index contributed by atoms with van der Waals surface area (Å²) in [5, 5.41) is 0. The van der Waals surface area contributed by atoms with Gasteiger partial charge in [-0.15, -0.1) is 0 Å². The molecule has 0 amide bonds. The van der Waals surface area contributed by atoms with E-state index < -0.39 is 24.2 Å². The number of rotatable bonds is 9. The SMILES string of the molecule is CCOC(OCC)(OCC1OCC(n2ccc(N)nc2=O)O1)c1ccccc1. The first kappa shape index (κ1) is 20.4. The topological polar surface area (TPSA) is 107 Å². The third-order valence-electron chi connectivity index (χ3n) is 4.10. The Bertz CT molecular complexity index is 807. The predicted molar refractivity (Wildman–Crippen MR) is 100 cm³/mol. The summed E-state index contributed by atoms with van der Waals surface area (Å²) in [7, 11) is 0. The summed E-state index contributed by atoms with van der Waals surface area (Å²) < 4.78 is 30.4. The maximum atomic E-state index is 12.0. The second-order valence-corrected chi connectivity index (χ2v) is 6.00. The number of nitrogen functional groups attached to an aromatic ring is 1. The minimum absolute atomic E-state index is 0.0442. The molecule has 2 unspecified atom stereocenters. The highest BCUT2D eigenvalue weighted by atomic mass is 16.9. The summed E-state index contributed by atoms with van der Waals surface area (Å²) >= 11 is 0. The number of nitrogens with two attached hydrogens (primary N) is 1. The maximum Gasteiger partial charge on any atom is 0.351 e. The average molecular weight is 391 g/mol. The fraction of sp³-hybridized carbons (Fsp3) is 0.474. The zero-order valence-corrected chi connectivity index (χ0v) is 15.9. The third kappa shape index (κ3) is 4.57. The van der Waals surface area contributed by atoms with Gasteiger partial charge in [-0.05, 0) is 19.9 Å². The van der Waals surface area contributed by atoms with Gasteiger partial charge in [0, 0.05) is 25.0 Å². The molecule has 1 saturated heterocycles. The molecule has 2 N–H and O–H groups in total. The minimum Gasteiger partial charge on any atom is -0.383 e. The summed E-state index contributed by atoms with van der Waals surface area (Å²) in [5.41, 5.74) is 5.74. The molecule has 0 saturated carbocycles. The van der Waals surface area contributed by atoms with Gasteiger partial charge < -0.3 is 29.4 Å². The van der Waals surface area contributed by atoms with Crippen LogP contribution < -0.4 is 11.4 Å². The van der Waals surface area contributed by atoms with Crippen molar-refractivity contribution in [3.63, 3.8) is 0 Å². The Kier molecular flexibility index (Phi) is 6.76. The van der Waals surface area contributed by atoms with E-state index in [2.05, 4.69) is 4.98 Å². The highest BCUT2D eigenvalue weighted by Crippen LogP contribution is 2.31. The van der Waals surface area contributed by atoms with E-state index in [-0.39, 0.29) is 19.0 Å². The molecule has 1 aliphatic rings.